The molecular weight excluding hydrogens is 478 g/mol. The number of alkyl halides is 3. The average molecular weight is 501 g/mol. The third-order valence-corrected chi connectivity index (χ3v) is 7.40. The summed E-state index contributed by atoms with van der Waals surface area (Å²) in [5.74, 6) is -1.78. The van der Waals surface area contributed by atoms with E-state index in [1.165, 1.54) is 11.0 Å². The highest BCUT2D eigenvalue weighted by Crippen LogP contribution is 2.41. The molecule has 0 saturated carbocycles. The molecule has 3 saturated heterocycles. The van der Waals surface area contributed by atoms with Crippen LogP contribution in [0.3, 0.4) is 0 Å². The van der Waals surface area contributed by atoms with Crippen LogP contribution in [0.4, 0.5) is 23.2 Å². The second-order valence-electron chi connectivity index (χ2n) is 9.79. The van der Waals surface area contributed by atoms with E-state index >= 15 is 0 Å². The molecule has 0 aromatic carbocycles. The van der Waals surface area contributed by atoms with Crippen LogP contribution in [0.15, 0.2) is 43.0 Å². The van der Waals surface area contributed by atoms with Gasteiger partial charge in [-0.3, -0.25) is 19.4 Å². The predicted molar refractivity (Wildman–Crippen MR) is 124 cm³/mol. The van der Waals surface area contributed by atoms with Crippen molar-refractivity contribution in [3.8, 4) is 11.3 Å². The summed E-state index contributed by atoms with van der Waals surface area (Å²) >= 11 is 0. The van der Waals surface area contributed by atoms with Gasteiger partial charge in [0.15, 0.2) is 5.83 Å². The minimum Gasteiger partial charge on any atom is -0.369 e. The molecule has 3 aliphatic heterocycles. The molecule has 188 valence electrons. The lowest BCUT2D eigenvalue weighted by Gasteiger charge is -2.40. The maximum absolute atomic E-state index is 13.4. The number of fused-ring (bicyclic) bond motifs is 1. The van der Waals surface area contributed by atoms with Crippen LogP contribution in [0.25, 0.3) is 22.3 Å². The Morgan fingerprint density at radius 1 is 1.17 bits per heavy atom. The fourth-order valence-electron chi connectivity index (χ4n) is 5.32. The summed E-state index contributed by atoms with van der Waals surface area (Å²) in [6, 6.07) is 3.95. The molecule has 0 bridgehead atoms. The molecule has 6 heterocycles. The van der Waals surface area contributed by atoms with Gasteiger partial charge in [0.2, 0.25) is 0 Å². The zero-order valence-electron chi connectivity index (χ0n) is 19.2. The number of aromatic nitrogens is 4. The van der Waals surface area contributed by atoms with Crippen molar-refractivity contribution in [2.24, 2.45) is 5.41 Å². The Labute approximate surface area is 203 Å². The van der Waals surface area contributed by atoms with Gasteiger partial charge in [-0.1, -0.05) is 6.58 Å². The van der Waals surface area contributed by atoms with Gasteiger partial charge in [0.1, 0.15) is 22.4 Å². The third-order valence-electron chi connectivity index (χ3n) is 7.40. The summed E-state index contributed by atoms with van der Waals surface area (Å²) in [4.78, 5) is 23.8. The molecule has 0 aliphatic carbocycles. The van der Waals surface area contributed by atoms with Crippen molar-refractivity contribution in [2.45, 2.75) is 18.6 Å². The van der Waals surface area contributed by atoms with Crippen LogP contribution in [0.1, 0.15) is 18.2 Å². The summed E-state index contributed by atoms with van der Waals surface area (Å²) in [7, 11) is 0. The number of carbonyl (C=O) groups is 1. The Bertz CT molecular complexity index is 1360. The van der Waals surface area contributed by atoms with E-state index in [-0.39, 0.29) is 24.5 Å². The highest BCUT2D eigenvalue weighted by atomic mass is 19.4. The summed E-state index contributed by atoms with van der Waals surface area (Å²) in [5.41, 5.74) is 2.28. The molecule has 0 atom stereocenters. The van der Waals surface area contributed by atoms with Crippen molar-refractivity contribution in [3.05, 3.63) is 48.7 Å². The number of rotatable bonds is 4. The molecule has 6 rings (SSSR count). The van der Waals surface area contributed by atoms with E-state index in [1.807, 2.05) is 6.07 Å². The second-order valence-corrected chi connectivity index (χ2v) is 9.79. The van der Waals surface area contributed by atoms with Gasteiger partial charge in [-0.05, 0) is 24.6 Å². The average Bonchev–Trinajstić information content (AvgIpc) is 3.41. The third kappa shape index (κ3) is 3.62. The first kappa shape index (κ1) is 22.9. The summed E-state index contributed by atoms with van der Waals surface area (Å²) < 4.78 is 54.3. The summed E-state index contributed by atoms with van der Waals surface area (Å²) in [6.45, 7) is 7.23. The lowest BCUT2D eigenvalue weighted by molar-refractivity contribution is -0.141. The Kier molecular flexibility index (Phi) is 5.08. The minimum absolute atomic E-state index is 0.238. The number of pyridine rings is 2. The lowest BCUT2D eigenvalue weighted by atomic mass is 9.81. The van der Waals surface area contributed by atoms with Crippen LogP contribution >= 0.6 is 0 Å². The number of nitrogens with one attached hydrogen (secondary N) is 1. The number of halogens is 4. The van der Waals surface area contributed by atoms with Crippen molar-refractivity contribution in [1.29, 1.82) is 0 Å². The van der Waals surface area contributed by atoms with Gasteiger partial charge in [-0.25, -0.2) is 4.39 Å². The Morgan fingerprint density at radius 2 is 1.94 bits per heavy atom. The molecule has 12 heteroatoms. The van der Waals surface area contributed by atoms with Crippen LogP contribution in [0, 0.1) is 5.41 Å². The lowest BCUT2D eigenvalue weighted by Crippen LogP contribution is -2.54. The Hall–Kier alpha value is -3.54. The maximum atomic E-state index is 13.4. The molecule has 3 fully saturated rings. The molecule has 1 amide bonds. The van der Waals surface area contributed by atoms with E-state index < -0.39 is 23.6 Å². The minimum atomic E-state index is -4.55. The first-order valence-electron chi connectivity index (χ1n) is 11.7. The quantitative estimate of drug-likeness (QED) is 0.437. The van der Waals surface area contributed by atoms with E-state index in [1.54, 1.807) is 10.9 Å². The number of amides is 1. The van der Waals surface area contributed by atoms with Crippen molar-refractivity contribution < 1.29 is 22.4 Å². The number of hydrogen-bond donors (Lipinski definition) is 1. The van der Waals surface area contributed by atoms with E-state index in [0.29, 0.717) is 16.8 Å². The van der Waals surface area contributed by atoms with Gasteiger partial charge in [-0.2, -0.15) is 18.3 Å². The monoisotopic (exact) mass is 501 g/mol. The van der Waals surface area contributed by atoms with Gasteiger partial charge in [0.25, 0.3) is 5.91 Å². The standard InChI is InChI=1S/C24H23F4N7O/c1-14(25)22(36)34-9-16(10-34)35-21-17(33-7-5-23(13-33)11-29-12-23)4-6-30-20(21)19(32-35)15-2-3-18(31-8-15)24(26,27)28/h2-4,6,8,16,29H,1,5,7,9-13H2. The number of hydrogen-bond acceptors (Lipinski definition) is 6. The van der Waals surface area contributed by atoms with Crippen LogP contribution in [-0.4, -0.2) is 69.8 Å². The van der Waals surface area contributed by atoms with Gasteiger partial charge < -0.3 is 15.1 Å². The largest absolute Gasteiger partial charge is 0.433 e. The summed E-state index contributed by atoms with van der Waals surface area (Å²) in [6.07, 6.45) is -0.663. The number of nitrogens with zero attached hydrogens (tertiary/aromatic N) is 6. The van der Waals surface area contributed by atoms with E-state index in [2.05, 4.69) is 26.8 Å². The molecule has 1 spiro atoms. The van der Waals surface area contributed by atoms with E-state index in [0.717, 1.165) is 56.1 Å². The second kappa shape index (κ2) is 7.99. The van der Waals surface area contributed by atoms with Crippen molar-refractivity contribution in [2.75, 3.05) is 44.2 Å². The number of carbonyl (C=O) groups excluding carboxylic acids is 1. The molecule has 3 aromatic rings. The van der Waals surface area contributed by atoms with Crippen molar-refractivity contribution in [1.82, 2.24) is 30.0 Å². The first-order valence-corrected chi connectivity index (χ1v) is 11.7. The Morgan fingerprint density at radius 3 is 2.53 bits per heavy atom. The van der Waals surface area contributed by atoms with Gasteiger partial charge in [0, 0.05) is 62.6 Å². The fraction of sp³-hybridized carbons (Fsp3) is 0.417. The molecule has 36 heavy (non-hydrogen) atoms. The molecule has 0 radical (unpaired) electrons. The van der Waals surface area contributed by atoms with Gasteiger partial charge in [-0.15, -0.1) is 0 Å². The van der Waals surface area contributed by atoms with Gasteiger partial charge >= 0.3 is 6.18 Å². The normalized spacial score (nSPS) is 19.6. The highest BCUT2D eigenvalue weighted by Gasteiger charge is 2.44. The van der Waals surface area contributed by atoms with Gasteiger partial charge in [0.05, 0.1) is 11.7 Å². The molecule has 0 unspecified atom stereocenters. The SMILES string of the molecule is C=C(F)C(=O)N1CC(n2nc(-c3ccc(C(F)(F)F)nc3)c3nccc(N4CCC5(CNC5)C4)c32)C1. The zero-order chi connectivity index (χ0) is 25.2. The van der Waals surface area contributed by atoms with Crippen LogP contribution in [-0.2, 0) is 11.0 Å². The maximum Gasteiger partial charge on any atom is 0.433 e. The first-order chi connectivity index (χ1) is 17.2. The highest BCUT2D eigenvalue weighted by molar-refractivity contribution is 5.98. The van der Waals surface area contributed by atoms with Crippen molar-refractivity contribution >= 4 is 22.6 Å². The molecule has 8 nitrogen and oxygen atoms in total. The molecular formula is C24H23F4N7O. The van der Waals surface area contributed by atoms with Crippen molar-refractivity contribution in [3.63, 3.8) is 0 Å². The van der Waals surface area contributed by atoms with Crippen LogP contribution in [0.5, 0.6) is 0 Å². The Balaban J connectivity index is 1.42. The smallest absolute Gasteiger partial charge is 0.369 e. The van der Waals surface area contributed by atoms with Crippen LogP contribution < -0.4 is 10.2 Å². The molecule has 3 aliphatic rings. The molecule has 1 N–H and O–H groups in total. The number of likely N-dealkylation sites (tertiary alicyclic amines) is 1. The summed E-state index contributed by atoms with van der Waals surface area (Å²) in [5, 5.41) is 8.10. The zero-order valence-corrected chi connectivity index (χ0v) is 19.2. The topological polar surface area (TPSA) is 79.2 Å². The number of anilines is 1. The molecule has 3 aromatic heterocycles. The predicted octanol–water partition coefficient (Wildman–Crippen LogP) is 3.18. The van der Waals surface area contributed by atoms with E-state index in [4.69, 9.17) is 5.10 Å². The van der Waals surface area contributed by atoms with Crippen LogP contribution in [0.2, 0.25) is 0 Å². The fourth-order valence-corrected chi connectivity index (χ4v) is 5.32. The van der Waals surface area contributed by atoms with E-state index in [9.17, 15) is 22.4 Å².